The van der Waals surface area contributed by atoms with E-state index in [1.165, 1.54) is 5.69 Å². The number of aliphatic hydroxyl groups is 1. The number of rotatable bonds is 6. The summed E-state index contributed by atoms with van der Waals surface area (Å²) in [6.07, 6.45) is -0.282. The molecule has 0 spiro atoms. The van der Waals surface area contributed by atoms with Crippen LogP contribution in [0.2, 0.25) is 0 Å². The van der Waals surface area contributed by atoms with Crippen LogP contribution >= 0.6 is 0 Å². The fourth-order valence-electron chi connectivity index (χ4n) is 5.29. The molecule has 5 rings (SSSR count). The van der Waals surface area contributed by atoms with E-state index >= 15 is 0 Å². The number of fused-ring (bicyclic) bond motifs is 1. The zero-order valence-corrected chi connectivity index (χ0v) is 21.9. The highest BCUT2D eigenvalue weighted by atomic mass is 16.3. The minimum absolute atomic E-state index is 0.0206. The van der Waals surface area contributed by atoms with Gasteiger partial charge >= 0.3 is 0 Å². The Kier molecular flexibility index (Phi) is 6.65. The molecule has 37 heavy (non-hydrogen) atoms. The van der Waals surface area contributed by atoms with Crippen LogP contribution in [0, 0.1) is 0 Å². The quantitative estimate of drug-likeness (QED) is 0.506. The number of benzene rings is 3. The Morgan fingerprint density at radius 2 is 1.49 bits per heavy atom. The van der Waals surface area contributed by atoms with Crippen molar-refractivity contribution in [2.45, 2.75) is 38.2 Å². The second-order valence-corrected chi connectivity index (χ2v) is 11.1. The highest BCUT2D eigenvalue weighted by Gasteiger charge is 2.51. The van der Waals surface area contributed by atoms with Crippen molar-refractivity contribution in [2.24, 2.45) is 0 Å². The highest BCUT2D eigenvalue weighted by Crippen LogP contribution is 2.43. The van der Waals surface area contributed by atoms with E-state index in [1.807, 2.05) is 48.5 Å². The standard InChI is InChI=1S/C31H35N3O3/c1-30(2,3)24-15-13-23(14-16-24)28(35)21-31(37)26-11-7-8-12-27(26)34(29(31)36)22-32-17-19-33(20-18-32)25-9-5-4-6-10-25/h4-16,37H,17-22H2,1-3H3. The molecular weight excluding hydrogens is 462 g/mol. The number of ketones is 1. The van der Waals surface area contributed by atoms with Gasteiger partial charge in [-0.3, -0.25) is 19.4 Å². The molecule has 1 amide bonds. The first-order valence-electron chi connectivity index (χ1n) is 13.0. The number of Topliss-reactive ketones (excluding diaryl/α,β-unsaturated/α-hetero) is 1. The fraction of sp³-hybridized carbons (Fsp3) is 0.355. The van der Waals surface area contributed by atoms with Crippen molar-refractivity contribution in [1.82, 2.24) is 4.90 Å². The number of hydrogen-bond acceptors (Lipinski definition) is 5. The molecule has 6 nitrogen and oxygen atoms in total. The Balaban J connectivity index is 1.31. The molecule has 1 unspecified atom stereocenters. The van der Waals surface area contributed by atoms with Crippen molar-refractivity contribution >= 4 is 23.1 Å². The maximum absolute atomic E-state index is 13.7. The predicted octanol–water partition coefficient (Wildman–Crippen LogP) is 4.57. The van der Waals surface area contributed by atoms with Gasteiger partial charge in [0.15, 0.2) is 11.4 Å². The minimum Gasteiger partial charge on any atom is -0.375 e. The van der Waals surface area contributed by atoms with Gasteiger partial charge in [-0.15, -0.1) is 0 Å². The molecule has 0 radical (unpaired) electrons. The predicted molar refractivity (Wildman–Crippen MR) is 147 cm³/mol. The molecular formula is C31H35N3O3. The van der Waals surface area contributed by atoms with E-state index in [4.69, 9.17) is 0 Å². The van der Waals surface area contributed by atoms with Crippen LogP contribution in [0.15, 0.2) is 78.9 Å². The molecule has 192 valence electrons. The first-order chi connectivity index (χ1) is 17.7. The van der Waals surface area contributed by atoms with Gasteiger partial charge < -0.3 is 10.0 Å². The van der Waals surface area contributed by atoms with E-state index in [0.717, 1.165) is 31.7 Å². The summed E-state index contributed by atoms with van der Waals surface area (Å²) < 4.78 is 0. The smallest absolute Gasteiger partial charge is 0.265 e. The summed E-state index contributed by atoms with van der Waals surface area (Å²) in [4.78, 5) is 33.1. The van der Waals surface area contributed by atoms with E-state index in [0.29, 0.717) is 23.5 Å². The van der Waals surface area contributed by atoms with Crippen molar-refractivity contribution in [2.75, 3.05) is 42.6 Å². The Morgan fingerprint density at radius 1 is 0.865 bits per heavy atom. The second-order valence-electron chi connectivity index (χ2n) is 11.1. The zero-order chi connectivity index (χ0) is 26.2. The van der Waals surface area contributed by atoms with Crippen molar-refractivity contribution in [1.29, 1.82) is 0 Å². The number of anilines is 2. The maximum atomic E-state index is 13.7. The van der Waals surface area contributed by atoms with Crippen LogP contribution in [0.25, 0.3) is 0 Å². The van der Waals surface area contributed by atoms with E-state index in [9.17, 15) is 14.7 Å². The van der Waals surface area contributed by atoms with Gasteiger partial charge in [0.05, 0.1) is 18.8 Å². The lowest BCUT2D eigenvalue weighted by atomic mass is 9.85. The van der Waals surface area contributed by atoms with Crippen molar-refractivity contribution < 1.29 is 14.7 Å². The largest absolute Gasteiger partial charge is 0.375 e. The summed E-state index contributed by atoms with van der Waals surface area (Å²) in [5.41, 5.74) is 2.12. The lowest BCUT2D eigenvalue weighted by molar-refractivity contribution is -0.136. The van der Waals surface area contributed by atoms with Crippen LogP contribution in [0.5, 0.6) is 0 Å². The van der Waals surface area contributed by atoms with Gasteiger partial charge in [0.2, 0.25) is 0 Å². The summed E-state index contributed by atoms with van der Waals surface area (Å²) in [6, 6.07) is 25.1. The van der Waals surface area contributed by atoms with E-state index in [1.54, 1.807) is 23.1 Å². The molecule has 0 aliphatic carbocycles. The van der Waals surface area contributed by atoms with Crippen LogP contribution in [0.4, 0.5) is 11.4 Å². The van der Waals surface area contributed by atoms with E-state index in [2.05, 4.69) is 42.7 Å². The molecule has 1 fully saturated rings. The molecule has 6 heteroatoms. The third kappa shape index (κ3) is 4.91. The molecule has 3 aromatic rings. The summed E-state index contributed by atoms with van der Waals surface area (Å²) >= 11 is 0. The number of nitrogens with zero attached hydrogens (tertiary/aromatic N) is 3. The summed E-state index contributed by atoms with van der Waals surface area (Å²) in [5, 5.41) is 11.7. The molecule has 0 saturated carbocycles. The molecule has 0 bridgehead atoms. The van der Waals surface area contributed by atoms with Gasteiger partial charge in [0.25, 0.3) is 5.91 Å². The number of hydrogen-bond donors (Lipinski definition) is 1. The normalized spacial score (nSPS) is 20.3. The molecule has 1 saturated heterocycles. The summed E-state index contributed by atoms with van der Waals surface area (Å²) in [6.45, 7) is 10.1. The molecule has 2 aliphatic heterocycles. The Morgan fingerprint density at radius 3 is 2.14 bits per heavy atom. The van der Waals surface area contributed by atoms with Crippen LogP contribution in [-0.4, -0.2) is 54.5 Å². The molecule has 0 aromatic heterocycles. The number of piperazine rings is 1. The Bertz CT molecular complexity index is 1280. The SMILES string of the molecule is CC(C)(C)c1ccc(C(=O)CC2(O)C(=O)N(CN3CCN(c4ccccc4)CC3)c3ccccc32)cc1. The number of carbonyl (C=O) groups excluding carboxylic acids is 2. The van der Waals surface area contributed by atoms with Gasteiger partial charge in [-0.05, 0) is 29.2 Å². The topological polar surface area (TPSA) is 64.1 Å². The highest BCUT2D eigenvalue weighted by molar-refractivity contribution is 6.10. The summed E-state index contributed by atoms with van der Waals surface area (Å²) in [7, 11) is 0. The molecule has 2 aliphatic rings. The van der Waals surface area contributed by atoms with Crippen molar-refractivity contribution in [3.8, 4) is 0 Å². The van der Waals surface area contributed by atoms with Gasteiger partial charge in [-0.25, -0.2) is 0 Å². The maximum Gasteiger partial charge on any atom is 0.265 e. The average Bonchev–Trinajstić information content (AvgIpc) is 3.11. The molecule has 1 atom stereocenters. The minimum atomic E-state index is -1.87. The number of carbonyl (C=O) groups is 2. The van der Waals surface area contributed by atoms with Gasteiger partial charge in [-0.2, -0.15) is 0 Å². The van der Waals surface area contributed by atoms with Gasteiger partial charge in [0.1, 0.15) is 0 Å². The fourth-order valence-corrected chi connectivity index (χ4v) is 5.29. The third-order valence-corrected chi connectivity index (χ3v) is 7.56. The molecule has 1 N–H and O–H groups in total. The van der Waals surface area contributed by atoms with Crippen molar-refractivity contribution in [3.05, 3.63) is 95.6 Å². The lowest BCUT2D eigenvalue weighted by Crippen LogP contribution is -2.52. The number of para-hydroxylation sites is 2. The van der Waals surface area contributed by atoms with Gasteiger partial charge in [-0.1, -0.05) is 81.4 Å². The lowest BCUT2D eigenvalue weighted by Gasteiger charge is -2.38. The number of amides is 1. The summed E-state index contributed by atoms with van der Waals surface area (Å²) in [5.74, 6) is -0.678. The Labute approximate surface area is 219 Å². The van der Waals surface area contributed by atoms with Crippen LogP contribution < -0.4 is 9.80 Å². The Hall–Kier alpha value is -3.48. The molecule has 3 aromatic carbocycles. The van der Waals surface area contributed by atoms with Crippen LogP contribution in [0.3, 0.4) is 0 Å². The molecule has 2 heterocycles. The second kappa shape index (κ2) is 9.77. The van der Waals surface area contributed by atoms with Crippen LogP contribution in [-0.2, 0) is 15.8 Å². The first-order valence-corrected chi connectivity index (χ1v) is 13.0. The third-order valence-electron chi connectivity index (χ3n) is 7.56. The zero-order valence-electron chi connectivity index (χ0n) is 21.9. The monoisotopic (exact) mass is 497 g/mol. The van der Waals surface area contributed by atoms with E-state index < -0.39 is 11.5 Å². The van der Waals surface area contributed by atoms with Crippen LogP contribution in [0.1, 0.15) is 48.7 Å². The van der Waals surface area contributed by atoms with E-state index in [-0.39, 0.29) is 17.6 Å². The first kappa shape index (κ1) is 25.2. The van der Waals surface area contributed by atoms with Gasteiger partial charge in [0, 0.05) is 43.0 Å². The van der Waals surface area contributed by atoms with Crippen molar-refractivity contribution in [3.63, 3.8) is 0 Å². The average molecular weight is 498 g/mol.